The SMILES string of the molecule is C=CC(=C)CCC1(C)C(C)CC(O)C23C(=CC(OC(=O)C=CC=CCCCCC)CC12)C(OC(C)=O)OC3OC(C)=O. The number of hydrogen-bond donors (Lipinski definition) is 1. The molecular formula is C34H48O8. The number of hydrogen-bond acceptors (Lipinski definition) is 8. The normalized spacial score (nSPS) is 33.9. The van der Waals surface area contributed by atoms with Gasteiger partial charge in [0.05, 0.1) is 11.5 Å². The van der Waals surface area contributed by atoms with Gasteiger partial charge in [0, 0.05) is 25.5 Å². The molecule has 8 heteroatoms. The number of unbranched alkanes of at least 4 members (excludes halogenated alkanes) is 3. The van der Waals surface area contributed by atoms with E-state index in [0.717, 1.165) is 24.8 Å². The number of ether oxygens (including phenoxy) is 4. The molecule has 1 saturated heterocycles. The average molecular weight is 585 g/mol. The summed E-state index contributed by atoms with van der Waals surface area (Å²) >= 11 is 0. The zero-order valence-electron chi connectivity index (χ0n) is 25.8. The zero-order valence-corrected chi connectivity index (χ0v) is 25.8. The molecule has 1 heterocycles. The predicted octanol–water partition coefficient (Wildman–Crippen LogP) is 6.26. The average Bonchev–Trinajstić information content (AvgIpc) is 3.21. The maximum absolute atomic E-state index is 12.9. The van der Waals surface area contributed by atoms with Crippen molar-refractivity contribution in [1.29, 1.82) is 0 Å². The lowest BCUT2D eigenvalue weighted by atomic mass is 9.45. The Hall–Kier alpha value is -2.97. The first kappa shape index (κ1) is 33.5. The molecule has 1 N–H and O–H groups in total. The fourth-order valence-electron chi connectivity index (χ4n) is 7.02. The molecule has 1 spiro atoms. The van der Waals surface area contributed by atoms with Crippen LogP contribution in [0.3, 0.4) is 0 Å². The highest BCUT2D eigenvalue weighted by Gasteiger charge is 2.71. The number of allylic oxidation sites excluding steroid dienone is 5. The van der Waals surface area contributed by atoms with Crippen molar-refractivity contribution in [2.24, 2.45) is 22.7 Å². The van der Waals surface area contributed by atoms with Gasteiger partial charge >= 0.3 is 17.9 Å². The molecule has 0 aromatic carbocycles. The van der Waals surface area contributed by atoms with Gasteiger partial charge in [-0.2, -0.15) is 0 Å². The molecular weight excluding hydrogens is 536 g/mol. The van der Waals surface area contributed by atoms with Gasteiger partial charge in [-0.15, -0.1) is 0 Å². The maximum Gasteiger partial charge on any atom is 0.331 e. The Morgan fingerprint density at radius 3 is 2.48 bits per heavy atom. The Morgan fingerprint density at radius 1 is 1.12 bits per heavy atom. The van der Waals surface area contributed by atoms with Crippen molar-refractivity contribution >= 4 is 17.9 Å². The molecule has 1 aliphatic heterocycles. The van der Waals surface area contributed by atoms with E-state index in [1.165, 1.54) is 26.3 Å². The van der Waals surface area contributed by atoms with Crippen LogP contribution in [0.5, 0.6) is 0 Å². The van der Waals surface area contributed by atoms with E-state index in [4.69, 9.17) is 18.9 Å². The van der Waals surface area contributed by atoms with Crippen molar-refractivity contribution in [3.05, 3.63) is 60.8 Å². The summed E-state index contributed by atoms with van der Waals surface area (Å²) in [6.45, 7) is 16.9. The van der Waals surface area contributed by atoms with Crippen LogP contribution in [-0.2, 0) is 33.3 Å². The number of aliphatic hydroxyl groups is 1. The Labute approximate surface area is 250 Å². The second kappa shape index (κ2) is 14.5. The minimum atomic E-state index is -1.20. The lowest BCUT2D eigenvalue weighted by molar-refractivity contribution is -0.254. The van der Waals surface area contributed by atoms with Gasteiger partial charge in [0.15, 0.2) is 0 Å². The van der Waals surface area contributed by atoms with E-state index in [0.29, 0.717) is 31.3 Å². The summed E-state index contributed by atoms with van der Waals surface area (Å²) in [5.41, 5.74) is -0.254. The molecule has 3 rings (SSSR count). The molecule has 2 aliphatic carbocycles. The summed E-state index contributed by atoms with van der Waals surface area (Å²) in [4.78, 5) is 37.2. The molecule has 232 valence electrons. The standard InChI is InChI=1S/C34H48O8/c1-8-10-11-12-13-14-15-16-30(38)41-26-20-27-31(39-24(5)35)42-32(40-25(6)36)34(27)28(21-26)33(7,18-17-22(3)9-2)23(4)19-29(34)37/h9,13-16,20,23,26,28-29,31-32,37H,2-3,8,10-12,17-19,21H2,1,4-7H3. The summed E-state index contributed by atoms with van der Waals surface area (Å²) < 4.78 is 23.3. The molecule has 0 bridgehead atoms. The molecule has 8 atom stereocenters. The van der Waals surface area contributed by atoms with E-state index >= 15 is 0 Å². The highest BCUT2D eigenvalue weighted by atomic mass is 16.8. The molecule has 8 unspecified atom stereocenters. The first-order valence-electron chi connectivity index (χ1n) is 15.1. The molecule has 0 amide bonds. The van der Waals surface area contributed by atoms with Crippen molar-refractivity contribution in [2.75, 3.05) is 0 Å². The molecule has 8 nitrogen and oxygen atoms in total. The first-order chi connectivity index (χ1) is 19.9. The summed E-state index contributed by atoms with van der Waals surface area (Å²) in [7, 11) is 0. The van der Waals surface area contributed by atoms with Gasteiger partial charge in [-0.3, -0.25) is 14.3 Å². The molecule has 2 fully saturated rings. The highest BCUT2D eigenvalue weighted by Crippen LogP contribution is 2.67. The van der Waals surface area contributed by atoms with E-state index in [-0.39, 0.29) is 11.8 Å². The minimum absolute atomic E-state index is 0.0555. The topological polar surface area (TPSA) is 108 Å². The van der Waals surface area contributed by atoms with Crippen molar-refractivity contribution in [3.63, 3.8) is 0 Å². The number of esters is 3. The van der Waals surface area contributed by atoms with Crippen LogP contribution in [0.25, 0.3) is 0 Å². The van der Waals surface area contributed by atoms with E-state index in [9.17, 15) is 19.5 Å². The van der Waals surface area contributed by atoms with Crippen molar-refractivity contribution in [2.45, 2.75) is 111 Å². The van der Waals surface area contributed by atoms with Crippen LogP contribution in [0.15, 0.2) is 60.8 Å². The number of rotatable bonds is 13. The second-order valence-corrected chi connectivity index (χ2v) is 12.1. The Kier molecular flexibility index (Phi) is 11.6. The predicted molar refractivity (Wildman–Crippen MR) is 160 cm³/mol. The molecule has 0 aromatic heterocycles. The van der Waals surface area contributed by atoms with Gasteiger partial charge in [0.2, 0.25) is 12.6 Å². The smallest absolute Gasteiger partial charge is 0.331 e. The van der Waals surface area contributed by atoms with Crippen molar-refractivity contribution in [1.82, 2.24) is 0 Å². The number of carbonyl (C=O) groups is 3. The van der Waals surface area contributed by atoms with Crippen molar-refractivity contribution in [3.8, 4) is 0 Å². The van der Waals surface area contributed by atoms with Crippen molar-refractivity contribution < 1.29 is 38.4 Å². The summed E-state index contributed by atoms with van der Waals surface area (Å²) in [5, 5.41) is 11.8. The van der Waals surface area contributed by atoms with Crippen LogP contribution < -0.4 is 0 Å². The summed E-state index contributed by atoms with van der Waals surface area (Å²) in [6, 6.07) is 0. The zero-order chi connectivity index (χ0) is 31.1. The lowest BCUT2D eigenvalue weighted by Crippen LogP contribution is -2.63. The van der Waals surface area contributed by atoms with Gasteiger partial charge < -0.3 is 19.3 Å². The monoisotopic (exact) mass is 584 g/mol. The highest BCUT2D eigenvalue weighted by molar-refractivity contribution is 5.82. The van der Waals surface area contributed by atoms with Crippen LogP contribution in [0.1, 0.15) is 86.0 Å². The van der Waals surface area contributed by atoms with Crippen LogP contribution in [-0.4, -0.2) is 47.8 Å². The fraction of sp³-hybridized carbons (Fsp3) is 0.618. The van der Waals surface area contributed by atoms with E-state index in [2.05, 4.69) is 33.9 Å². The first-order valence-corrected chi connectivity index (χ1v) is 15.1. The van der Waals surface area contributed by atoms with Gasteiger partial charge in [-0.1, -0.05) is 76.6 Å². The largest absolute Gasteiger partial charge is 0.455 e. The van der Waals surface area contributed by atoms with Crippen LogP contribution in [0, 0.1) is 22.7 Å². The quantitative estimate of drug-likeness (QED) is 0.0675. The summed E-state index contributed by atoms with van der Waals surface area (Å²) in [5.74, 6) is -1.97. The lowest BCUT2D eigenvalue weighted by Gasteiger charge is -2.60. The van der Waals surface area contributed by atoms with Gasteiger partial charge in [0.25, 0.3) is 0 Å². The third kappa shape index (κ3) is 7.14. The van der Waals surface area contributed by atoms with Gasteiger partial charge in [0.1, 0.15) is 6.10 Å². The second-order valence-electron chi connectivity index (χ2n) is 12.1. The van der Waals surface area contributed by atoms with Crippen LogP contribution in [0.4, 0.5) is 0 Å². The third-order valence-corrected chi connectivity index (χ3v) is 9.39. The Balaban J connectivity index is 2.03. The molecule has 0 radical (unpaired) electrons. The third-order valence-electron chi connectivity index (χ3n) is 9.39. The van der Waals surface area contributed by atoms with E-state index < -0.39 is 53.5 Å². The molecule has 1 saturated carbocycles. The van der Waals surface area contributed by atoms with Gasteiger partial charge in [-0.25, -0.2) is 4.79 Å². The van der Waals surface area contributed by atoms with E-state index in [1.807, 2.05) is 12.2 Å². The maximum atomic E-state index is 12.9. The number of carbonyl (C=O) groups excluding carboxylic acids is 3. The van der Waals surface area contributed by atoms with Crippen LogP contribution >= 0.6 is 0 Å². The molecule has 3 aliphatic rings. The molecule has 0 aromatic rings. The summed E-state index contributed by atoms with van der Waals surface area (Å²) in [6.07, 6.45) is 12.9. The molecule has 42 heavy (non-hydrogen) atoms. The Bertz CT molecular complexity index is 1120. The van der Waals surface area contributed by atoms with Gasteiger partial charge in [-0.05, 0) is 61.9 Å². The van der Waals surface area contributed by atoms with E-state index in [1.54, 1.807) is 18.2 Å². The Morgan fingerprint density at radius 2 is 1.83 bits per heavy atom. The van der Waals surface area contributed by atoms with Crippen LogP contribution in [0.2, 0.25) is 0 Å². The minimum Gasteiger partial charge on any atom is -0.455 e. The fourth-order valence-corrected chi connectivity index (χ4v) is 7.02. The number of aliphatic hydroxyl groups excluding tert-OH is 1.